The van der Waals surface area contributed by atoms with E-state index in [1.165, 1.54) is 11.1 Å². The van der Waals surface area contributed by atoms with Crippen LogP contribution in [-0.4, -0.2) is 52.9 Å². The van der Waals surface area contributed by atoms with Crippen LogP contribution in [0.2, 0.25) is 5.02 Å². The van der Waals surface area contributed by atoms with Crippen molar-refractivity contribution in [2.24, 2.45) is 0 Å². The molecule has 1 unspecified atom stereocenters. The maximum Gasteiger partial charge on any atom is 0.161 e. The van der Waals surface area contributed by atoms with E-state index in [0.717, 1.165) is 48.6 Å². The molecule has 158 valence electrons. The molecule has 0 spiro atoms. The van der Waals surface area contributed by atoms with Crippen molar-refractivity contribution in [3.8, 4) is 17.2 Å². The Bertz CT molecular complexity index is 855. The molecule has 2 aromatic rings. The van der Waals surface area contributed by atoms with Crippen molar-refractivity contribution in [1.29, 1.82) is 0 Å². The number of aryl methyl sites for hydroxylation is 1. The van der Waals surface area contributed by atoms with Crippen molar-refractivity contribution in [2.75, 3.05) is 48.0 Å². The van der Waals surface area contributed by atoms with E-state index in [9.17, 15) is 0 Å². The quantitative estimate of drug-likeness (QED) is 0.650. The summed E-state index contributed by atoms with van der Waals surface area (Å²) in [6, 6.07) is 8.27. The van der Waals surface area contributed by atoms with Crippen molar-refractivity contribution >= 4 is 11.6 Å². The van der Waals surface area contributed by atoms with Gasteiger partial charge in [0.05, 0.1) is 31.9 Å². The van der Waals surface area contributed by atoms with Crippen molar-refractivity contribution < 1.29 is 14.2 Å². The van der Waals surface area contributed by atoms with E-state index >= 15 is 0 Å². The van der Waals surface area contributed by atoms with Gasteiger partial charge in [0.2, 0.25) is 0 Å². The van der Waals surface area contributed by atoms with Gasteiger partial charge in [0, 0.05) is 18.7 Å². The first-order valence-corrected chi connectivity index (χ1v) is 10.4. The van der Waals surface area contributed by atoms with Crippen LogP contribution in [-0.2, 0) is 6.42 Å². The summed E-state index contributed by atoms with van der Waals surface area (Å²) in [5.74, 6) is 2.27. The Morgan fingerprint density at radius 1 is 1.07 bits per heavy atom. The van der Waals surface area contributed by atoms with Crippen LogP contribution >= 0.6 is 11.6 Å². The predicted molar refractivity (Wildman–Crippen MR) is 118 cm³/mol. The lowest BCUT2D eigenvalue weighted by Gasteiger charge is -2.30. The summed E-state index contributed by atoms with van der Waals surface area (Å²) in [5.41, 5.74) is 4.58. The number of hydrogen-bond donors (Lipinski definition) is 1. The Balaban J connectivity index is 1.97. The number of rotatable bonds is 8. The summed E-state index contributed by atoms with van der Waals surface area (Å²) >= 11 is 6.47. The van der Waals surface area contributed by atoms with Crippen LogP contribution in [0.4, 0.5) is 0 Å². The topological polar surface area (TPSA) is 43.0 Å². The number of benzene rings is 2. The average Bonchev–Trinajstić information content (AvgIpc) is 2.69. The Labute approximate surface area is 178 Å². The first-order chi connectivity index (χ1) is 13.9. The molecule has 1 N–H and O–H groups in total. The molecular weight excluding hydrogens is 388 g/mol. The number of methoxy groups -OCH3 is 2. The van der Waals surface area contributed by atoms with E-state index in [1.54, 1.807) is 14.2 Å². The van der Waals surface area contributed by atoms with Gasteiger partial charge in [0.15, 0.2) is 11.5 Å². The third-order valence-electron chi connectivity index (χ3n) is 5.22. The first kappa shape index (κ1) is 21.8. The Hall–Kier alpha value is -1.95. The van der Waals surface area contributed by atoms with E-state index in [-0.39, 0.29) is 6.04 Å². The largest absolute Gasteiger partial charge is 0.495 e. The molecular formula is C23H31ClN2O3. The van der Waals surface area contributed by atoms with Gasteiger partial charge in [-0.25, -0.2) is 0 Å². The van der Waals surface area contributed by atoms with Crippen LogP contribution in [0.5, 0.6) is 17.2 Å². The van der Waals surface area contributed by atoms with Crippen LogP contribution < -0.4 is 19.5 Å². The molecule has 0 fully saturated rings. The number of fused-ring (bicyclic) bond motifs is 1. The van der Waals surface area contributed by atoms with Crippen LogP contribution in [0.1, 0.15) is 34.7 Å². The fourth-order valence-electron chi connectivity index (χ4n) is 3.86. The van der Waals surface area contributed by atoms with Gasteiger partial charge in [-0.2, -0.15) is 0 Å². The molecule has 0 aromatic heterocycles. The van der Waals surface area contributed by atoms with Crippen molar-refractivity contribution in [1.82, 2.24) is 10.2 Å². The van der Waals surface area contributed by atoms with Gasteiger partial charge in [-0.3, -0.25) is 0 Å². The number of halogens is 1. The summed E-state index contributed by atoms with van der Waals surface area (Å²) in [6.45, 7) is 4.55. The number of nitrogens with one attached hydrogen (secondary N) is 1. The number of ether oxygens (including phenoxy) is 3. The van der Waals surface area contributed by atoms with E-state index < -0.39 is 0 Å². The number of nitrogens with zero attached hydrogens (tertiary/aromatic N) is 1. The molecule has 0 amide bonds. The van der Waals surface area contributed by atoms with E-state index in [2.05, 4.69) is 42.5 Å². The molecule has 0 radical (unpaired) electrons. The van der Waals surface area contributed by atoms with Crippen molar-refractivity contribution in [2.45, 2.75) is 25.8 Å². The highest BCUT2D eigenvalue weighted by atomic mass is 35.5. The predicted octanol–water partition coefficient (Wildman–Crippen LogP) is 4.23. The fraction of sp³-hybridized carbons (Fsp3) is 0.478. The minimum Gasteiger partial charge on any atom is -0.495 e. The standard InChI is InChI=1S/C23H31ClN2O3/c1-15-11-18(23(28-5)19(24)12-15)22-17-14-21(29-10-6-9-26(2)3)20(27-4)13-16(17)7-8-25-22/h11-14,22,25H,6-10H2,1-5H3. The van der Waals surface area contributed by atoms with Gasteiger partial charge in [-0.05, 0) is 68.8 Å². The van der Waals surface area contributed by atoms with Crippen molar-refractivity contribution in [3.63, 3.8) is 0 Å². The van der Waals surface area contributed by atoms with E-state index in [4.69, 9.17) is 25.8 Å². The average molecular weight is 419 g/mol. The minimum atomic E-state index is -0.0128. The highest BCUT2D eigenvalue weighted by Gasteiger charge is 2.27. The molecule has 2 aromatic carbocycles. The monoisotopic (exact) mass is 418 g/mol. The van der Waals surface area contributed by atoms with Crippen LogP contribution in [0.25, 0.3) is 0 Å². The Kier molecular flexibility index (Phi) is 7.28. The van der Waals surface area contributed by atoms with Gasteiger partial charge < -0.3 is 24.4 Å². The molecule has 0 aliphatic carbocycles. The lowest BCUT2D eigenvalue weighted by Crippen LogP contribution is -2.31. The summed E-state index contributed by atoms with van der Waals surface area (Å²) < 4.78 is 17.4. The van der Waals surface area contributed by atoms with Gasteiger partial charge in [0.1, 0.15) is 5.75 Å². The molecule has 3 rings (SSSR count). The summed E-state index contributed by atoms with van der Waals surface area (Å²) in [5, 5.41) is 4.26. The third-order valence-corrected chi connectivity index (χ3v) is 5.50. The Morgan fingerprint density at radius 3 is 2.55 bits per heavy atom. The zero-order valence-corrected chi connectivity index (χ0v) is 18.7. The number of hydrogen-bond acceptors (Lipinski definition) is 5. The molecule has 1 heterocycles. The van der Waals surface area contributed by atoms with Crippen molar-refractivity contribution in [3.05, 3.63) is 51.5 Å². The first-order valence-electron chi connectivity index (χ1n) is 10.00. The summed E-state index contributed by atoms with van der Waals surface area (Å²) in [4.78, 5) is 2.15. The molecule has 0 bridgehead atoms. The van der Waals surface area contributed by atoms with Gasteiger partial charge >= 0.3 is 0 Å². The Morgan fingerprint density at radius 2 is 1.86 bits per heavy atom. The highest BCUT2D eigenvalue weighted by Crippen LogP contribution is 2.42. The van der Waals surface area contributed by atoms with Crippen LogP contribution in [0.3, 0.4) is 0 Å². The summed E-state index contributed by atoms with van der Waals surface area (Å²) in [6.07, 6.45) is 1.89. The van der Waals surface area contributed by atoms with Crippen LogP contribution in [0.15, 0.2) is 24.3 Å². The third kappa shape index (κ3) is 4.97. The fourth-order valence-corrected chi connectivity index (χ4v) is 4.22. The highest BCUT2D eigenvalue weighted by molar-refractivity contribution is 6.32. The van der Waals surface area contributed by atoms with E-state index in [0.29, 0.717) is 17.4 Å². The minimum absolute atomic E-state index is 0.0128. The molecule has 29 heavy (non-hydrogen) atoms. The SMILES string of the molecule is COc1cc2c(cc1OCCCN(C)C)C(c1cc(C)cc(Cl)c1OC)NCC2. The molecule has 0 saturated carbocycles. The lowest BCUT2D eigenvalue weighted by molar-refractivity contribution is 0.267. The molecule has 0 saturated heterocycles. The van der Waals surface area contributed by atoms with Gasteiger partial charge in [-0.15, -0.1) is 0 Å². The van der Waals surface area contributed by atoms with Crippen LogP contribution in [0, 0.1) is 6.92 Å². The van der Waals surface area contributed by atoms with E-state index in [1.807, 2.05) is 13.0 Å². The zero-order chi connectivity index (χ0) is 21.0. The zero-order valence-electron chi connectivity index (χ0n) is 18.0. The van der Waals surface area contributed by atoms with Gasteiger partial charge in [0.25, 0.3) is 0 Å². The smallest absolute Gasteiger partial charge is 0.161 e. The second-order valence-electron chi connectivity index (χ2n) is 7.71. The summed E-state index contributed by atoms with van der Waals surface area (Å²) in [7, 11) is 7.49. The van der Waals surface area contributed by atoms with Gasteiger partial charge in [-0.1, -0.05) is 17.7 Å². The maximum absolute atomic E-state index is 6.47. The molecule has 1 aliphatic rings. The normalized spacial score (nSPS) is 15.9. The molecule has 6 heteroatoms. The molecule has 5 nitrogen and oxygen atoms in total. The molecule has 1 aliphatic heterocycles. The maximum atomic E-state index is 6.47. The second-order valence-corrected chi connectivity index (χ2v) is 8.12. The lowest BCUT2D eigenvalue weighted by atomic mass is 9.88. The second kappa shape index (κ2) is 9.70. The molecule has 1 atom stereocenters.